The molecule has 2 N–H and O–H groups in total. The molecular weight excluding hydrogens is 370 g/mol. The Bertz CT molecular complexity index is 897. The third kappa shape index (κ3) is 4.34. The van der Waals surface area contributed by atoms with E-state index in [0.29, 0.717) is 0 Å². The number of hydrogen-bond donors (Lipinski definition) is 2. The Kier molecular flexibility index (Phi) is 5.76. The van der Waals surface area contributed by atoms with Gasteiger partial charge in [0.05, 0.1) is 34.9 Å². The molecule has 0 unspecified atom stereocenters. The first-order chi connectivity index (χ1) is 11.8. The van der Waals surface area contributed by atoms with Gasteiger partial charge >= 0.3 is 5.97 Å². The molecule has 0 aliphatic rings. The predicted molar refractivity (Wildman–Crippen MR) is 92.9 cm³/mol. The summed E-state index contributed by atoms with van der Waals surface area (Å²) in [6, 6.07) is 7.74. The highest BCUT2D eigenvalue weighted by Crippen LogP contribution is 2.30. The number of esters is 1. The molecule has 9 heteroatoms. The van der Waals surface area contributed by atoms with Crippen LogP contribution in [0.1, 0.15) is 17.3 Å². The summed E-state index contributed by atoms with van der Waals surface area (Å²) in [5.74, 6) is -0.725. The van der Waals surface area contributed by atoms with Crippen molar-refractivity contribution in [1.29, 1.82) is 0 Å². The lowest BCUT2D eigenvalue weighted by Gasteiger charge is -2.11. The fraction of sp³-hybridized carbons (Fsp3) is 0.188. The van der Waals surface area contributed by atoms with Gasteiger partial charge in [-0.1, -0.05) is 11.6 Å². The number of carbonyl (C=O) groups excluding carboxylic acids is 1. The standard InChI is InChI=1S/C16H16ClNO6S/c1-3-24-16(20)12-9-11(5-6-13(12)17)25(21,22)18-10-4-7-15(23-2)14(19)8-10/h4-9,18-19H,3H2,1-2H3. The summed E-state index contributed by atoms with van der Waals surface area (Å²) in [4.78, 5) is 11.7. The Morgan fingerprint density at radius 3 is 2.56 bits per heavy atom. The number of phenols is 1. The zero-order chi connectivity index (χ0) is 18.6. The summed E-state index contributed by atoms with van der Waals surface area (Å²) in [6.07, 6.45) is 0. The highest BCUT2D eigenvalue weighted by Gasteiger charge is 2.20. The van der Waals surface area contributed by atoms with Crippen LogP contribution in [0, 0.1) is 0 Å². The molecule has 7 nitrogen and oxygen atoms in total. The minimum Gasteiger partial charge on any atom is -0.504 e. The van der Waals surface area contributed by atoms with Crippen molar-refractivity contribution in [2.75, 3.05) is 18.4 Å². The Morgan fingerprint density at radius 1 is 1.24 bits per heavy atom. The number of phenolic OH excluding ortho intramolecular Hbond substituents is 1. The zero-order valence-corrected chi connectivity index (χ0v) is 15.0. The van der Waals surface area contributed by atoms with E-state index in [2.05, 4.69) is 4.72 Å². The topological polar surface area (TPSA) is 102 Å². The van der Waals surface area contributed by atoms with E-state index < -0.39 is 16.0 Å². The van der Waals surface area contributed by atoms with E-state index in [-0.39, 0.29) is 39.3 Å². The molecule has 0 aliphatic carbocycles. The van der Waals surface area contributed by atoms with Crippen LogP contribution in [-0.4, -0.2) is 33.2 Å². The number of carbonyl (C=O) groups is 1. The van der Waals surface area contributed by atoms with E-state index in [9.17, 15) is 18.3 Å². The summed E-state index contributed by atoms with van der Waals surface area (Å²) < 4.78 is 37.0. The molecule has 0 spiro atoms. The van der Waals surface area contributed by atoms with Gasteiger partial charge in [-0.15, -0.1) is 0 Å². The van der Waals surface area contributed by atoms with Crippen molar-refractivity contribution in [2.24, 2.45) is 0 Å². The van der Waals surface area contributed by atoms with Gasteiger partial charge in [0.2, 0.25) is 0 Å². The maximum Gasteiger partial charge on any atom is 0.339 e. The van der Waals surface area contributed by atoms with Gasteiger partial charge in [0.15, 0.2) is 11.5 Å². The first-order valence-electron chi connectivity index (χ1n) is 7.15. The van der Waals surface area contributed by atoms with E-state index in [1.165, 1.54) is 37.4 Å². The molecule has 0 atom stereocenters. The fourth-order valence-electron chi connectivity index (χ4n) is 2.00. The molecule has 2 aromatic rings. The average Bonchev–Trinajstić information content (AvgIpc) is 2.55. The molecule has 0 amide bonds. The molecule has 0 aliphatic heterocycles. The fourth-order valence-corrected chi connectivity index (χ4v) is 3.27. The largest absolute Gasteiger partial charge is 0.504 e. The number of nitrogens with one attached hydrogen (secondary N) is 1. The van der Waals surface area contributed by atoms with Gasteiger partial charge in [0.25, 0.3) is 10.0 Å². The highest BCUT2D eigenvalue weighted by atomic mass is 35.5. The van der Waals surface area contributed by atoms with Crippen LogP contribution < -0.4 is 9.46 Å². The normalized spacial score (nSPS) is 11.0. The Balaban J connectivity index is 2.35. The lowest BCUT2D eigenvalue weighted by Crippen LogP contribution is -2.14. The number of anilines is 1. The van der Waals surface area contributed by atoms with Gasteiger partial charge in [-0.3, -0.25) is 4.72 Å². The molecule has 0 bridgehead atoms. The number of sulfonamides is 1. The zero-order valence-electron chi connectivity index (χ0n) is 13.4. The van der Waals surface area contributed by atoms with E-state index in [4.69, 9.17) is 21.1 Å². The van der Waals surface area contributed by atoms with Gasteiger partial charge in [-0.05, 0) is 37.3 Å². The second kappa shape index (κ2) is 7.62. The van der Waals surface area contributed by atoms with E-state index in [0.717, 1.165) is 6.07 Å². The average molecular weight is 386 g/mol. The van der Waals surface area contributed by atoms with Gasteiger partial charge < -0.3 is 14.6 Å². The quantitative estimate of drug-likeness (QED) is 0.741. The molecular formula is C16H16ClNO6S. The van der Waals surface area contributed by atoms with Gasteiger partial charge in [-0.2, -0.15) is 0 Å². The second-order valence-corrected chi connectivity index (χ2v) is 6.94. The van der Waals surface area contributed by atoms with E-state index in [1.807, 2.05) is 0 Å². The maximum atomic E-state index is 12.5. The highest BCUT2D eigenvalue weighted by molar-refractivity contribution is 7.92. The van der Waals surface area contributed by atoms with Crippen LogP contribution >= 0.6 is 11.6 Å². The summed E-state index contributed by atoms with van der Waals surface area (Å²) in [7, 11) is -2.63. The van der Waals surface area contributed by atoms with Gasteiger partial charge in [0.1, 0.15) is 0 Å². The molecule has 0 saturated carbocycles. The van der Waals surface area contributed by atoms with Crippen molar-refractivity contribution in [3.8, 4) is 11.5 Å². The van der Waals surface area contributed by atoms with Crippen LogP contribution in [0.4, 0.5) is 5.69 Å². The molecule has 0 fully saturated rings. The van der Waals surface area contributed by atoms with Crippen LogP contribution in [0.25, 0.3) is 0 Å². The number of hydrogen-bond acceptors (Lipinski definition) is 6. The molecule has 134 valence electrons. The molecule has 2 aromatic carbocycles. The lowest BCUT2D eigenvalue weighted by atomic mass is 10.2. The number of methoxy groups -OCH3 is 1. The van der Waals surface area contributed by atoms with Crippen molar-refractivity contribution >= 4 is 33.3 Å². The number of aromatic hydroxyl groups is 1. The molecule has 0 saturated heterocycles. The Labute approximate surface area is 150 Å². The summed E-state index contributed by atoms with van der Waals surface area (Å²) >= 11 is 5.93. The van der Waals surface area contributed by atoms with Crippen molar-refractivity contribution in [2.45, 2.75) is 11.8 Å². The molecule has 25 heavy (non-hydrogen) atoms. The molecule has 2 rings (SSSR count). The minimum absolute atomic E-state index is 0.0519. The van der Waals surface area contributed by atoms with Crippen molar-refractivity contribution in [3.63, 3.8) is 0 Å². The molecule has 0 radical (unpaired) electrons. The van der Waals surface area contributed by atoms with Crippen LogP contribution in [0.3, 0.4) is 0 Å². The SMILES string of the molecule is CCOC(=O)c1cc(S(=O)(=O)Nc2ccc(OC)c(O)c2)ccc1Cl. The molecule has 0 aromatic heterocycles. The van der Waals surface area contributed by atoms with Crippen LogP contribution in [-0.2, 0) is 14.8 Å². The first-order valence-corrected chi connectivity index (χ1v) is 9.01. The van der Waals surface area contributed by atoms with Gasteiger partial charge in [0, 0.05) is 6.07 Å². The van der Waals surface area contributed by atoms with Crippen molar-refractivity contribution in [1.82, 2.24) is 0 Å². The summed E-state index contributed by atoms with van der Waals surface area (Å²) in [5.41, 5.74) is 0.0786. The summed E-state index contributed by atoms with van der Waals surface area (Å²) in [6.45, 7) is 1.76. The van der Waals surface area contributed by atoms with Crippen molar-refractivity contribution in [3.05, 3.63) is 47.0 Å². The van der Waals surface area contributed by atoms with Crippen LogP contribution in [0.2, 0.25) is 5.02 Å². The van der Waals surface area contributed by atoms with Crippen LogP contribution in [0.15, 0.2) is 41.3 Å². The molecule has 0 heterocycles. The monoisotopic (exact) mass is 385 g/mol. The Morgan fingerprint density at radius 2 is 1.96 bits per heavy atom. The summed E-state index contributed by atoms with van der Waals surface area (Å²) in [5, 5.41) is 9.82. The first kappa shape index (κ1) is 18.9. The predicted octanol–water partition coefficient (Wildman–Crippen LogP) is 3.03. The second-order valence-electron chi connectivity index (χ2n) is 4.85. The number of benzene rings is 2. The Hall–Kier alpha value is -2.45. The van der Waals surface area contributed by atoms with Crippen molar-refractivity contribution < 1.29 is 27.8 Å². The minimum atomic E-state index is -4.01. The van der Waals surface area contributed by atoms with Crippen LogP contribution in [0.5, 0.6) is 11.5 Å². The number of rotatable bonds is 6. The van der Waals surface area contributed by atoms with E-state index >= 15 is 0 Å². The van der Waals surface area contributed by atoms with Gasteiger partial charge in [-0.25, -0.2) is 13.2 Å². The third-order valence-electron chi connectivity index (χ3n) is 3.17. The maximum absolute atomic E-state index is 12.5. The lowest BCUT2D eigenvalue weighted by molar-refractivity contribution is 0.0526. The number of halogens is 1. The smallest absolute Gasteiger partial charge is 0.339 e. The third-order valence-corrected chi connectivity index (χ3v) is 4.88. The number of ether oxygens (including phenoxy) is 2. The van der Waals surface area contributed by atoms with E-state index in [1.54, 1.807) is 6.92 Å².